The first-order chi connectivity index (χ1) is 20.7. The van der Waals surface area contributed by atoms with Crippen molar-refractivity contribution in [3.63, 3.8) is 0 Å². The molecule has 1 aromatic carbocycles. The van der Waals surface area contributed by atoms with Crippen molar-refractivity contribution in [3.8, 4) is 11.6 Å². The fourth-order valence-electron chi connectivity index (χ4n) is 6.83. The van der Waals surface area contributed by atoms with Gasteiger partial charge in [-0.1, -0.05) is 23.2 Å². The summed E-state index contributed by atoms with van der Waals surface area (Å²) >= 11 is 13.0. The number of nitrogens with zero attached hydrogens (tertiary/aromatic N) is 6. The van der Waals surface area contributed by atoms with Crippen molar-refractivity contribution in [2.45, 2.75) is 18.9 Å². The molecule has 1 N–H and O–H groups in total. The van der Waals surface area contributed by atoms with Crippen molar-refractivity contribution in [1.82, 2.24) is 19.4 Å². The summed E-state index contributed by atoms with van der Waals surface area (Å²) in [6.07, 6.45) is 6.54. The molecule has 3 fully saturated rings. The van der Waals surface area contributed by atoms with Gasteiger partial charge in [-0.2, -0.15) is 0 Å². The van der Waals surface area contributed by atoms with Gasteiger partial charge in [0.1, 0.15) is 23.0 Å². The minimum Gasteiger partial charge on any atom is -0.477 e. The molecular weight excluding hydrogens is 591 g/mol. The average molecular weight is 622 g/mol. The zero-order valence-corrected chi connectivity index (χ0v) is 25.1. The van der Waals surface area contributed by atoms with E-state index in [0.717, 1.165) is 57.1 Å². The van der Waals surface area contributed by atoms with Crippen LogP contribution < -0.4 is 20.0 Å². The number of anilines is 2. The van der Waals surface area contributed by atoms with Crippen LogP contribution in [0.4, 0.5) is 11.5 Å². The van der Waals surface area contributed by atoms with Crippen molar-refractivity contribution in [2.75, 3.05) is 56.2 Å². The molecule has 0 bridgehead atoms. The molecule has 3 saturated heterocycles. The lowest BCUT2D eigenvalue weighted by molar-refractivity contribution is -0.00279. The van der Waals surface area contributed by atoms with Crippen LogP contribution in [0.15, 0.2) is 59.8 Å². The number of pyridine rings is 3. The van der Waals surface area contributed by atoms with Crippen LogP contribution in [-0.4, -0.2) is 82.9 Å². The van der Waals surface area contributed by atoms with E-state index in [4.69, 9.17) is 32.9 Å². The van der Waals surface area contributed by atoms with Crippen molar-refractivity contribution in [3.05, 3.63) is 80.8 Å². The second-order valence-electron chi connectivity index (χ2n) is 11.9. The molecule has 12 heteroatoms. The summed E-state index contributed by atoms with van der Waals surface area (Å²) in [6, 6.07) is 10.8. The number of carboxylic acids is 1. The van der Waals surface area contributed by atoms with Crippen molar-refractivity contribution >= 4 is 51.6 Å². The number of carbonyl (C=O) groups is 1. The van der Waals surface area contributed by atoms with E-state index in [9.17, 15) is 14.7 Å². The first-order valence-corrected chi connectivity index (χ1v) is 15.0. The van der Waals surface area contributed by atoms with E-state index in [0.29, 0.717) is 39.2 Å². The molecular formula is C31H30Cl2N6O4. The van der Waals surface area contributed by atoms with Crippen molar-refractivity contribution < 1.29 is 14.6 Å². The van der Waals surface area contributed by atoms with Gasteiger partial charge in [-0.25, -0.2) is 14.8 Å². The molecule has 3 aliphatic heterocycles. The summed E-state index contributed by atoms with van der Waals surface area (Å²) < 4.78 is 7.68. The summed E-state index contributed by atoms with van der Waals surface area (Å²) in [6.45, 7) is 5.26. The van der Waals surface area contributed by atoms with Crippen LogP contribution in [0.5, 0.6) is 5.88 Å². The highest BCUT2D eigenvalue weighted by Crippen LogP contribution is 2.41. The van der Waals surface area contributed by atoms with E-state index in [-0.39, 0.29) is 17.0 Å². The lowest BCUT2D eigenvalue weighted by atomic mass is 9.73. The highest BCUT2D eigenvalue weighted by molar-refractivity contribution is 6.34. The van der Waals surface area contributed by atoms with Gasteiger partial charge in [0.2, 0.25) is 11.3 Å². The second-order valence-corrected chi connectivity index (χ2v) is 12.7. The molecule has 3 aromatic heterocycles. The fraction of sp³-hybridized carbons (Fsp3) is 0.355. The number of carboxylic acid groups (broad SMARTS) is 1. The maximum atomic E-state index is 13.3. The zero-order valence-electron chi connectivity index (χ0n) is 23.5. The molecule has 222 valence electrons. The number of aromatic carboxylic acids is 1. The Balaban J connectivity index is 1.23. The van der Waals surface area contributed by atoms with Gasteiger partial charge in [-0.05, 0) is 56.3 Å². The predicted molar refractivity (Wildman–Crippen MR) is 167 cm³/mol. The number of likely N-dealkylation sites (tertiary alicyclic amines) is 1. The SMILES string of the molecule is CN1CC2(C1)CN(c1ccc(-n3cc(C(=O)O)c(=O)c4cc(Cl)c(N5CCC[C@@H]5COc5ncccc5Cl)cc43)cn1)C2. The Morgan fingerprint density at radius 3 is 2.63 bits per heavy atom. The van der Waals surface area contributed by atoms with Gasteiger partial charge in [0.25, 0.3) is 0 Å². The Kier molecular flexibility index (Phi) is 6.95. The number of hydrogen-bond donors (Lipinski definition) is 1. The third kappa shape index (κ3) is 4.97. The summed E-state index contributed by atoms with van der Waals surface area (Å²) in [4.78, 5) is 41.0. The monoisotopic (exact) mass is 620 g/mol. The second kappa shape index (κ2) is 10.7. The van der Waals surface area contributed by atoms with Crippen LogP contribution in [0.3, 0.4) is 0 Å². The maximum absolute atomic E-state index is 13.3. The van der Waals surface area contributed by atoms with E-state index in [2.05, 4.69) is 26.7 Å². The van der Waals surface area contributed by atoms with Gasteiger partial charge in [0.05, 0.1) is 34.2 Å². The molecule has 43 heavy (non-hydrogen) atoms. The van der Waals surface area contributed by atoms with Crippen LogP contribution >= 0.6 is 23.2 Å². The van der Waals surface area contributed by atoms with E-state index in [1.54, 1.807) is 35.2 Å². The van der Waals surface area contributed by atoms with Crippen LogP contribution in [0.1, 0.15) is 23.2 Å². The highest BCUT2D eigenvalue weighted by atomic mass is 35.5. The quantitative estimate of drug-likeness (QED) is 0.318. The Morgan fingerprint density at radius 1 is 1.12 bits per heavy atom. The molecule has 0 unspecified atom stereocenters. The molecule has 4 aromatic rings. The van der Waals surface area contributed by atoms with Crippen molar-refractivity contribution in [2.24, 2.45) is 5.41 Å². The summed E-state index contributed by atoms with van der Waals surface area (Å²) in [7, 11) is 2.13. The zero-order chi connectivity index (χ0) is 29.9. The third-order valence-electron chi connectivity index (χ3n) is 8.72. The predicted octanol–water partition coefficient (Wildman–Crippen LogP) is 4.59. The minimum absolute atomic E-state index is 0.00251. The Hall–Kier alpha value is -3.86. The van der Waals surface area contributed by atoms with Gasteiger partial charge in [-0.15, -0.1) is 0 Å². The first kappa shape index (κ1) is 27.9. The number of benzene rings is 1. The van der Waals surface area contributed by atoms with Crippen LogP contribution in [-0.2, 0) is 0 Å². The number of halogens is 2. The van der Waals surface area contributed by atoms with Crippen LogP contribution in [0, 0.1) is 5.41 Å². The molecule has 7 rings (SSSR count). The number of rotatable bonds is 7. The van der Waals surface area contributed by atoms with Crippen molar-refractivity contribution in [1.29, 1.82) is 0 Å². The first-order valence-electron chi connectivity index (χ1n) is 14.2. The lowest BCUT2D eigenvalue weighted by Crippen LogP contribution is -2.71. The fourth-order valence-corrected chi connectivity index (χ4v) is 7.28. The highest BCUT2D eigenvalue weighted by Gasteiger charge is 2.50. The number of aromatic nitrogens is 3. The largest absolute Gasteiger partial charge is 0.477 e. The topological polar surface area (TPSA) is 104 Å². The van der Waals surface area contributed by atoms with E-state index < -0.39 is 11.4 Å². The molecule has 10 nitrogen and oxygen atoms in total. The molecule has 1 atom stereocenters. The number of ether oxygens (including phenoxy) is 1. The van der Waals surface area contributed by atoms with E-state index in [1.807, 2.05) is 18.2 Å². The molecule has 6 heterocycles. The molecule has 0 saturated carbocycles. The van der Waals surface area contributed by atoms with Gasteiger partial charge in [0, 0.05) is 55.9 Å². The Labute approximate surface area is 258 Å². The van der Waals surface area contributed by atoms with Crippen LogP contribution in [0.2, 0.25) is 10.0 Å². The van der Waals surface area contributed by atoms with Gasteiger partial charge >= 0.3 is 5.97 Å². The summed E-state index contributed by atoms with van der Waals surface area (Å²) in [5, 5.41) is 10.9. The lowest BCUT2D eigenvalue weighted by Gasteiger charge is -2.59. The van der Waals surface area contributed by atoms with E-state index >= 15 is 0 Å². The average Bonchev–Trinajstić information content (AvgIpc) is 3.42. The normalized spacial score (nSPS) is 19.5. The molecule has 3 aliphatic rings. The van der Waals surface area contributed by atoms with E-state index in [1.165, 1.54) is 6.20 Å². The van der Waals surface area contributed by atoms with Gasteiger partial charge in [0.15, 0.2) is 0 Å². The number of fused-ring (bicyclic) bond motifs is 1. The van der Waals surface area contributed by atoms with Gasteiger partial charge < -0.3 is 29.1 Å². The smallest absolute Gasteiger partial charge is 0.341 e. The standard InChI is InChI=1S/C31H30Cl2N6O4/c1-36-15-31(16-36)17-37(18-31)27-7-6-19(12-35-27)39-13-22(30(41)42)28(40)21-10-24(33)26(11-25(21)39)38-9-3-4-20(38)14-43-29-23(32)5-2-8-34-29/h2,5-8,10-13,20H,3-4,9,14-18H2,1H3,(H,41,42)/t20-/m1/s1. The molecule has 0 aliphatic carbocycles. The molecule has 0 radical (unpaired) electrons. The third-order valence-corrected chi connectivity index (χ3v) is 9.31. The Bertz CT molecular complexity index is 1780. The maximum Gasteiger partial charge on any atom is 0.341 e. The molecule has 1 spiro atoms. The van der Waals surface area contributed by atoms with Gasteiger partial charge in [-0.3, -0.25) is 4.79 Å². The molecule has 0 amide bonds. The summed E-state index contributed by atoms with van der Waals surface area (Å²) in [5.41, 5.74) is 1.39. The minimum atomic E-state index is -1.30. The number of hydrogen-bond acceptors (Lipinski definition) is 8. The van der Waals surface area contributed by atoms with Crippen LogP contribution in [0.25, 0.3) is 16.6 Å². The summed E-state index contributed by atoms with van der Waals surface area (Å²) in [5.74, 6) is -0.0453. The Morgan fingerprint density at radius 2 is 1.93 bits per heavy atom.